The highest BCUT2D eigenvalue weighted by molar-refractivity contribution is 5.89. The summed E-state index contributed by atoms with van der Waals surface area (Å²) in [7, 11) is 0. The van der Waals surface area contributed by atoms with Gasteiger partial charge in [-0.3, -0.25) is 0 Å². The highest BCUT2D eigenvalue weighted by Crippen LogP contribution is 2.04. The van der Waals surface area contributed by atoms with Crippen molar-refractivity contribution in [2.45, 2.75) is 28.2 Å². The van der Waals surface area contributed by atoms with Crippen LogP contribution in [0.5, 0.6) is 0 Å². The van der Waals surface area contributed by atoms with Crippen molar-refractivity contribution < 1.29 is 9.53 Å². The van der Waals surface area contributed by atoms with Crippen LogP contribution in [-0.4, -0.2) is 37.1 Å². The number of nitrogens with zero attached hydrogens (tertiary/aromatic N) is 1. The van der Waals surface area contributed by atoms with Crippen molar-refractivity contribution in [1.82, 2.24) is 4.90 Å². The number of hydrogen-bond donors (Lipinski definition) is 0. The van der Waals surface area contributed by atoms with Crippen molar-refractivity contribution in [3.8, 4) is 0 Å². The zero-order valence-electron chi connectivity index (χ0n) is 10.9. The first-order valence-corrected chi connectivity index (χ1v) is 6.13. The standard InChI is InChI=1S/C14H21NO2.CH4/c1-4-15(5-2)10-11-17-14(16)13-8-6-12(3)7-9-13;/h6-9H,4-5,10-11H2,1-3H3;1H4. The molecule has 1 rings (SSSR count). The smallest absolute Gasteiger partial charge is 0.338 e. The Hall–Kier alpha value is -1.35. The van der Waals surface area contributed by atoms with Gasteiger partial charge in [0.2, 0.25) is 0 Å². The van der Waals surface area contributed by atoms with Crippen LogP contribution in [0.1, 0.15) is 37.2 Å². The number of ether oxygens (including phenoxy) is 1. The zero-order valence-corrected chi connectivity index (χ0v) is 10.9. The Bertz CT molecular complexity index is 342. The third kappa shape index (κ3) is 5.32. The number of benzene rings is 1. The van der Waals surface area contributed by atoms with Crippen molar-refractivity contribution >= 4 is 5.97 Å². The second-order valence-corrected chi connectivity index (χ2v) is 4.03. The average molecular weight is 251 g/mol. The first-order valence-electron chi connectivity index (χ1n) is 6.13. The van der Waals surface area contributed by atoms with Gasteiger partial charge in [-0.2, -0.15) is 0 Å². The molecule has 1 aromatic rings. The molecular formula is C15H25NO2. The van der Waals surface area contributed by atoms with Gasteiger partial charge in [-0.15, -0.1) is 0 Å². The summed E-state index contributed by atoms with van der Waals surface area (Å²) >= 11 is 0. The van der Waals surface area contributed by atoms with Gasteiger partial charge in [-0.25, -0.2) is 4.79 Å². The van der Waals surface area contributed by atoms with Gasteiger partial charge in [0.05, 0.1) is 5.56 Å². The monoisotopic (exact) mass is 251 g/mol. The Morgan fingerprint density at radius 1 is 1.17 bits per heavy atom. The fourth-order valence-electron chi connectivity index (χ4n) is 1.58. The van der Waals surface area contributed by atoms with Crippen molar-refractivity contribution in [3.63, 3.8) is 0 Å². The van der Waals surface area contributed by atoms with Crippen LogP contribution in [0.2, 0.25) is 0 Å². The molecule has 0 aliphatic carbocycles. The molecule has 0 aromatic heterocycles. The van der Waals surface area contributed by atoms with Gasteiger partial charge >= 0.3 is 5.97 Å². The van der Waals surface area contributed by atoms with E-state index in [4.69, 9.17) is 4.74 Å². The molecule has 0 spiro atoms. The SMILES string of the molecule is C.CCN(CC)CCOC(=O)c1ccc(C)cc1. The van der Waals surface area contributed by atoms with Gasteiger partial charge in [0.15, 0.2) is 0 Å². The Morgan fingerprint density at radius 3 is 2.22 bits per heavy atom. The van der Waals surface area contributed by atoms with Gasteiger partial charge in [0.1, 0.15) is 6.61 Å². The van der Waals surface area contributed by atoms with Crippen molar-refractivity contribution in [2.24, 2.45) is 0 Å². The summed E-state index contributed by atoms with van der Waals surface area (Å²) in [6, 6.07) is 7.44. The van der Waals surface area contributed by atoms with E-state index in [0.717, 1.165) is 25.2 Å². The van der Waals surface area contributed by atoms with E-state index in [1.54, 1.807) is 12.1 Å². The first-order chi connectivity index (χ1) is 8.17. The maximum absolute atomic E-state index is 11.7. The lowest BCUT2D eigenvalue weighted by Crippen LogP contribution is -2.27. The molecule has 0 saturated carbocycles. The van der Waals surface area contributed by atoms with Crippen LogP contribution in [0.15, 0.2) is 24.3 Å². The highest BCUT2D eigenvalue weighted by atomic mass is 16.5. The maximum atomic E-state index is 11.7. The predicted molar refractivity (Wildman–Crippen MR) is 76.0 cm³/mol. The number of rotatable bonds is 6. The molecule has 0 N–H and O–H groups in total. The Labute approximate surface area is 111 Å². The van der Waals surface area contributed by atoms with E-state index in [0.29, 0.717) is 12.2 Å². The number of esters is 1. The second kappa shape index (κ2) is 8.70. The number of hydrogen-bond acceptors (Lipinski definition) is 3. The molecule has 102 valence electrons. The topological polar surface area (TPSA) is 29.5 Å². The third-order valence-corrected chi connectivity index (χ3v) is 2.82. The Kier molecular flexibility index (Phi) is 8.05. The molecule has 18 heavy (non-hydrogen) atoms. The lowest BCUT2D eigenvalue weighted by molar-refractivity contribution is 0.0466. The van der Waals surface area contributed by atoms with E-state index in [2.05, 4.69) is 18.7 Å². The first kappa shape index (κ1) is 16.6. The van der Waals surface area contributed by atoms with E-state index in [1.165, 1.54) is 0 Å². The highest BCUT2D eigenvalue weighted by Gasteiger charge is 2.07. The molecule has 0 heterocycles. The minimum atomic E-state index is -0.239. The lowest BCUT2D eigenvalue weighted by Gasteiger charge is -2.17. The minimum absolute atomic E-state index is 0. The molecule has 0 unspecified atom stereocenters. The van der Waals surface area contributed by atoms with E-state index >= 15 is 0 Å². The van der Waals surface area contributed by atoms with Crippen molar-refractivity contribution in [1.29, 1.82) is 0 Å². The van der Waals surface area contributed by atoms with E-state index < -0.39 is 0 Å². The number of carbonyl (C=O) groups is 1. The molecular weight excluding hydrogens is 226 g/mol. The molecule has 0 radical (unpaired) electrons. The fraction of sp³-hybridized carbons (Fsp3) is 0.533. The van der Waals surface area contributed by atoms with Crippen LogP contribution in [0.25, 0.3) is 0 Å². The summed E-state index contributed by atoms with van der Waals surface area (Å²) in [4.78, 5) is 13.9. The molecule has 0 bridgehead atoms. The third-order valence-electron chi connectivity index (χ3n) is 2.82. The number of carbonyl (C=O) groups excluding carboxylic acids is 1. The van der Waals surface area contributed by atoms with Crippen LogP contribution in [0.4, 0.5) is 0 Å². The van der Waals surface area contributed by atoms with Crippen LogP contribution in [0.3, 0.4) is 0 Å². The summed E-state index contributed by atoms with van der Waals surface area (Å²) in [5.41, 5.74) is 1.76. The normalized spacial score (nSPS) is 10.0. The molecule has 0 fully saturated rings. The van der Waals surface area contributed by atoms with Crippen LogP contribution < -0.4 is 0 Å². The molecule has 3 heteroatoms. The van der Waals surface area contributed by atoms with Crippen LogP contribution in [0, 0.1) is 6.92 Å². The second-order valence-electron chi connectivity index (χ2n) is 4.03. The fourth-order valence-corrected chi connectivity index (χ4v) is 1.58. The van der Waals surface area contributed by atoms with Gasteiger partial charge in [-0.05, 0) is 32.1 Å². The molecule has 0 aliphatic rings. The number of likely N-dealkylation sites (N-methyl/N-ethyl adjacent to an activating group) is 1. The van der Waals surface area contributed by atoms with Gasteiger partial charge < -0.3 is 9.64 Å². The molecule has 3 nitrogen and oxygen atoms in total. The summed E-state index contributed by atoms with van der Waals surface area (Å²) < 4.78 is 5.22. The lowest BCUT2D eigenvalue weighted by atomic mass is 10.1. The average Bonchev–Trinajstić information content (AvgIpc) is 2.35. The van der Waals surface area contributed by atoms with Crippen molar-refractivity contribution in [3.05, 3.63) is 35.4 Å². The van der Waals surface area contributed by atoms with Gasteiger partial charge in [-0.1, -0.05) is 39.0 Å². The van der Waals surface area contributed by atoms with Crippen molar-refractivity contribution in [2.75, 3.05) is 26.2 Å². The molecule has 0 atom stereocenters. The zero-order chi connectivity index (χ0) is 12.7. The minimum Gasteiger partial charge on any atom is -0.461 e. The summed E-state index contributed by atoms with van der Waals surface area (Å²) in [6.07, 6.45) is 0. The van der Waals surface area contributed by atoms with Crippen LogP contribution >= 0.6 is 0 Å². The van der Waals surface area contributed by atoms with Gasteiger partial charge in [0, 0.05) is 6.54 Å². The Morgan fingerprint density at radius 2 is 1.72 bits per heavy atom. The number of aryl methyl sites for hydroxylation is 1. The summed E-state index contributed by atoms with van der Waals surface area (Å²) in [6.45, 7) is 9.42. The maximum Gasteiger partial charge on any atom is 0.338 e. The van der Waals surface area contributed by atoms with E-state index in [9.17, 15) is 4.79 Å². The van der Waals surface area contributed by atoms with E-state index in [-0.39, 0.29) is 13.4 Å². The summed E-state index contributed by atoms with van der Waals surface area (Å²) in [5, 5.41) is 0. The van der Waals surface area contributed by atoms with Gasteiger partial charge in [0.25, 0.3) is 0 Å². The molecule has 1 aromatic carbocycles. The van der Waals surface area contributed by atoms with Crippen LogP contribution in [-0.2, 0) is 4.74 Å². The molecule has 0 saturated heterocycles. The predicted octanol–water partition coefficient (Wildman–Crippen LogP) is 3.13. The Balaban J connectivity index is 0.00000289. The molecule has 0 aliphatic heterocycles. The van der Waals surface area contributed by atoms with E-state index in [1.807, 2.05) is 19.1 Å². The summed E-state index contributed by atoms with van der Waals surface area (Å²) in [5.74, 6) is -0.239. The molecule has 0 amide bonds. The largest absolute Gasteiger partial charge is 0.461 e. The quantitative estimate of drug-likeness (QED) is 0.727.